The zero-order valence-corrected chi connectivity index (χ0v) is 9.68. The topological polar surface area (TPSA) is 15.3 Å². The quantitative estimate of drug-likeness (QED) is 0.727. The highest BCUT2D eigenvalue weighted by Crippen LogP contribution is 2.34. The van der Waals surface area contributed by atoms with E-state index in [1.54, 1.807) is 0 Å². The molecule has 0 aromatic rings. The molecule has 1 atom stereocenters. The third-order valence-corrected chi connectivity index (χ3v) is 4.41. The Morgan fingerprint density at radius 3 is 2.79 bits per heavy atom. The van der Waals surface area contributed by atoms with Gasteiger partial charge in [-0.25, -0.2) is 0 Å². The fourth-order valence-corrected chi connectivity index (χ4v) is 3.36. The van der Waals surface area contributed by atoms with Crippen LogP contribution in [0.5, 0.6) is 0 Å². The predicted octanol–water partition coefficient (Wildman–Crippen LogP) is 2.00. The molecule has 2 aliphatic rings. The highest BCUT2D eigenvalue weighted by atomic mass is 15.3. The van der Waals surface area contributed by atoms with E-state index in [1.807, 2.05) is 0 Å². The number of nitrogens with zero attached hydrogens (tertiary/aromatic N) is 1. The first kappa shape index (κ1) is 10.4. The van der Waals surface area contributed by atoms with Crippen molar-refractivity contribution in [3.05, 3.63) is 0 Å². The SMILES string of the molecule is CCC1(CC)CNCCC2CCCN21. The van der Waals surface area contributed by atoms with Crippen LogP contribution in [0.1, 0.15) is 46.0 Å². The van der Waals surface area contributed by atoms with Crippen LogP contribution in [0.2, 0.25) is 0 Å². The second kappa shape index (κ2) is 4.19. The van der Waals surface area contributed by atoms with Crippen molar-refractivity contribution >= 4 is 0 Å². The van der Waals surface area contributed by atoms with Crippen LogP contribution in [-0.4, -0.2) is 36.1 Å². The molecule has 0 amide bonds. The average Bonchev–Trinajstić information content (AvgIpc) is 2.62. The lowest BCUT2D eigenvalue weighted by atomic mass is 9.90. The molecule has 0 bridgehead atoms. The Morgan fingerprint density at radius 1 is 1.29 bits per heavy atom. The van der Waals surface area contributed by atoms with Gasteiger partial charge in [0.2, 0.25) is 0 Å². The lowest BCUT2D eigenvalue weighted by Gasteiger charge is -2.42. The third-order valence-electron chi connectivity index (χ3n) is 4.41. The molecule has 2 fully saturated rings. The molecule has 82 valence electrons. The lowest BCUT2D eigenvalue weighted by molar-refractivity contribution is 0.0775. The molecule has 2 aliphatic heterocycles. The summed E-state index contributed by atoms with van der Waals surface area (Å²) in [6.07, 6.45) is 6.82. The number of nitrogens with one attached hydrogen (secondary N) is 1. The minimum atomic E-state index is 0.470. The van der Waals surface area contributed by atoms with Gasteiger partial charge in [0.15, 0.2) is 0 Å². The summed E-state index contributed by atoms with van der Waals surface area (Å²) < 4.78 is 0. The third kappa shape index (κ3) is 1.59. The van der Waals surface area contributed by atoms with Gasteiger partial charge in [0.1, 0.15) is 0 Å². The van der Waals surface area contributed by atoms with E-state index >= 15 is 0 Å². The Bertz CT molecular complexity index is 187. The number of hydrogen-bond acceptors (Lipinski definition) is 2. The Labute approximate surface area is 88.1 Å². The predicted molar refractivity (Wildman–Crippen MR) is 60.5 cm³/mol. The van der Waals surface area contributed by atoms with Crippen LogP contribution in [0, 0.1) is 0 Å². The summed E-state index contributed by atoms with van der Waals surface area (Å²) in [7, 11) is 0. The van der Waals surface area contributed by atoms with E-state index in [-0.39, 0.29) is 0 Å². The Morgan fingerprint density at radius 2 is 2.07 bits per heavy atom. The van der Waals surface area contributed by atoms with Crippen molar-refractivity contribution in [1.82, 2.24) is 10.2 Å². The summed E-state index contributed by atoms with van der Waals surface area (Å²) in [5.74, 6) is 0. The Hall–Kier alpha value is -0.0800. The van der Waals surface area contributed by atoms with E-state index in [2.05, 4.69) is 24.1 Å². The Kier molecular flexibility index (Phi) is 3.13. The normalized spacial score (nSPS) is 32.6. The van der Waals surface area contributed by atoms with Crippen molar-refractivity contribution in [2.45, 2.75) is 57.5 Å². The average molecular weight is 196 g/mol. The van der Waals surface area contributed by atoms with E-state index in [4.69, 9.17) is 0 Å². The molecule has 2 heteroatoms. The van der Waals surface area contributed by atoms with Crippen molar-refractivity contribution < 1.29 is 0 Å². The molecular weight excluding hydrogens is 172 g/mol. The van der Waals surface area contributed by atoms with Gasteiger partial charge in [-0.2, -0.15) is 0 Å². The van der Waals surface area contributed by atoms with Crippen LogP contribution in [0.25, 0.3) is 0 Å². The first-order chi connectivity index (χ1) is 6.82. The summed E-state index contributed by atoms with van der Waals surface area (Å²) in [4.78, 5) is 2.81. The number of fused-ring (bicyclic) bond motifs is 1. The summed E-state index contributed by atoms with van der Waals surface area (Å²) in [6, 6.07) is 0.880. The van der Waals surface area contributed by atoms with Crippen LogP contribution in [0.15, 0.2) is 0 Å². The van der Waals surface area contributed by atoms with Crippen molar-refractivity contribution in [3.8, 4) is 0 Å². The summed E-state index contributed by atoms with van der Waals surface area (Å²) >= 11 is 0. The standard InChI is InChI=1S/C12H24N2/c1-3-12(4-2)10-13-8-7-11-6-5-9-14(11)12/h11,13H,3-10H2,1-2H3. The fraction of sp³-hybridized carbons (Fsp3) is 1.00. The first-order valence-corrected chi connectivity index (χ1v) is 6.30. The number of hydrogen-bond donors (Lipinski definition) is 1. The molecule has 1 unspecified atom stereocenters. The maximum atomic E-state index is 3.63. The van der Waals surface area contributed by atoms with Crippen molar-refractivity contribution in [2.75, 3.05) is 19.6 Å². The summed E-state index contributed by atoms with van der Waals surface area (Å²) in [6.45, 7) is 8.48. The van der Waals surface area contributed by atoms with Gasteiger partial charge >= 0.3 is 0 Å². The van der Waals surface area contributed by atoms with Gasteiger partial charge in [-0.3, -0.25) is 4.90 Å². The van der Waals surface area contributed by atoms with E-state index in [9.17, 15) is 0 Å². The largest absolute Gasteiger partial charge is 0.315 e. The molecule has 0 aromatic heterocycles. The second-order valence-corrected chi connectivity index (χ2v) is 4.89. The molecule has 0 spiro atoms. The molecule has 14 heavy (non-hydrogen) atoms. The van der Waals surface area contributed by atoms with Gasteiger partial charge < -0.3 is 5.32 Å². The van der Waals surface area contributed by atoms with Gasteiger partial charge in [-0.05, 0) is 45.2 Å². The molecule has 2 nitrogen and oxygen atoms in total. The molecule has 2 rings (SSSR count). The van der Waals surface area contributed by atoms with Gasteiger partial charge in [0, 0.05) is 18.1 Å². The lowest BCUT2D eigenvalue weighted by Crippen LogP contribution is -2.53. The molecule has 0 radical (unpaired) electrons. The van der Waals surface area contributed by atoms with Gasteiger partial charge in [0.05, 0.1) is 0 Å². The van der Waals surface area contributed by atoms with Crippen molar-refractivity contribution in [3.63, 3.8) is 0 Å². The van der Waals surface area contributed by atoms with Crippen molar-refractivity contribution in [2.24, 2.45) is 0 Å². The van der Waals surface area contributed by atoms with Crippen LogP contribution >= 0.6 is 0 Å². The summed E-state index contributed by atoms with van der Waals surface area (Å²) in [5.41, 5.74) is 0.470. The van der Waals surface area contributed by atoms with E-state index in [1.165, 1.54) is 51.7 Å². The monoisotopic (exact) mass is 196 g/mol. The zero-order valence-electron chi connectivity index (χ0n) is 9.68. The number of rotatable bonds is 2. The molecule has 0 aliphatic carbocycles. The van der Waals surface area contributed by atoms with E-state index < -0.39 is 0 Å². The minimum Gasteiger partial charge on any atom is -0.315 e. The highest BCUT2D eigenvalue weighted by Gasteiger charge is 2.41. The van der Waals surface area contributed by atoms with E-state index in [0.29, 0.717) is 5.54 Å². The Balaban J connectivity index is 2.19. The molecule has 1 N–H and O–H groups in total. The van der Waals surface area contributed by atoms with Crippen LogP contribution < -0.4 is 5.32 Å². The van der Waals surface area contributed by atoms with Crippen LogP contribution in [0.4, 0.5) is 0 Å². The van der Waals surface area contributed by atoms with Gasteiger partial charge in [-0.15, -0.1) is 0 Å². The highest BCUT2D eigenvalue weighted by molar-refractivity contribution is 4.98. The second-order valence-electron chi connectivity index (χ2n) is 4.89. The van der Waals surface area contributed by atoms with Gasteiger partial charge in [0.25, 0.3) is 0 Å². The van der Waals surface area contributed by atoms with Crippen LogP contribution in [0.3, 0.4) is 0 Å². The fourth-order valence-electron chi connectivity index (χ4n) is 3.36. The zero-order chi connectivity index (χ0) is 10.0. The smallest absolute Gasteiger partial charge is 0.0331 e. The molecule has 0 aromatic carbocycles. The van der Waals surface area contributed by atoms with Gasteiger partial charge in [-0.1, -0.05) is 13.8 Å². The first-order valence-electron chi connectivity index (χ1n) is 6.30. The maximum absolute atomic E-state index is 3.63. The van der Waals surface area contributed by atoms with Crippen molar-refractivity contribution in [1.29, 1.82) is 0 Å². The molecule has 0 saturated carbocycles. The minimum absolute atomic E-state index is 0.470. The molecule has 2 saturated heterocycles. The maximum Gasteiger partial charge on any atom is 0.0331 e. The molecular formula is C12H24N2. The summed E-state index contributed by atoms with van der Waals surface area (Å²) in [5, 5.41) is 3.63. The molecule has 2 heterocycles. The van der Waals surface area contributed by atoms with E-state index in [0.717, 1.165) is 6.04 Å². The van der Waals surface area contributed by atoms with Crippen LogP contribution in [-0.2, 0) is 0 Å².